The van der Waals surface area contributed by atoms with E-state index in [-0.39, 0.29) is 12.4 Å². The summed E-state index contributed by atoms with van der Waals surface area (Å²) in [5.41, 5.74) is 1.77. The Hall–Kier alpha value is -0.840. The Labute approximate surface area is 121 Å². The summed E-state index contributed by atoms with van der Waals surface area (Å²) in [6, 6.07) is 3.59. The molecule has 0 bridgehead atoms. The van der Waals surface area contributed by atoms with Gasteiger partial charge < -0.3 is 10.4 Å². The molecule has 108 valence electrons. The Morgan fingerprint density at radius 1 is 1.37 bits per heavy atom. The van der Waals surface area contributed by atoms with Crippen LogP contribution in [0, 0.1) is 12.8 Å². The van der Waals surface area contributed by atoms with Gasteiger partial charge in [0.2, 0.25) is 0 Å². The molecule has 2 heterocycles. The molecule has 2 N–H and O–H groups in total. The molecule has 0 unspecified atom stereocenters. The van der Waals surface area contributed by atoms with Gasteiger partial charge in [-0.1, -0.05) is 0 Å². The maximum Gasteiger partial charge on any atom is 0.138 e. The van der Waals surface area contributed by atoms with E-state index in [1.807, 2.05) is 20.0 Å². The zero-order chi connectivity index (χ0) is 13.0. The number of nitrogens with one attached hydrogen (secondary N) is 1. The van der Waals surface area contributed by atoms with Crippen molar-refractivity contribution in [3.63, 3.8) is 0 Å². The highest BCUT2D eigenvalue weighted by Crippen LogP contribution is 2.21. The Kier molecular flexibility index (Phi) is 6.55. The third-order valence-electron chi connectivity index (χ3n) is 3.66. The van der Waals surface area contributed by atoms with Gasteiger partial charge in [0.05, 0.1) is 5.69 Å². The van der Waals surface area contributed by atoms with E-state index in [1.165, 1.54) is 12.8 Å². The molecule has 2 rings (SSSR count). The van der Waals surface area contributed by atoms with Crippen LogP contribution in [0.15, 0.2) is 12.1 Å². The summed E-state index contributed by atoms with van der Waals surface area (Å²) in [6.07, 6.45) is 2.46. The highest BCUT2D eigenvalue weighted by atomic mass is 35.5. The number of likely N-dealkylation sites (tertiary alicyclic amines) is 1. The van der Waals surface area contributed by atoms with Gasteiger partial charge in [-0.15, -0.1) is 12.4 Å². The predicted octanol–water partition coefficient (Wildman–Crippen LogP) is 1.95. The summed E-state index contributed by atoms with van der Waals surface area (Å²) in [7, 11) is 2.01. The third-order valence-corrected chi connectivity index (χ3v) is 3.66. The van der Waals surface area contributed by atoms with Crippen LogP contribution in [-0.2, 0) is 6.54 Å². The summed E-state index contributed by atoms with van der Waals surface area (Å²) < 4.78 is 0. The molecular weight excluding hydrogens is 262 g/mol. The fourth-order valence-electron chi connectivity index (χ4n) is 2.57. The minimum absolute atomic E-state index is 0. The molecule has 0 radical (unpaired) electrons. The van der Waals surface area contributed by atoms with Gasteiger partial charge in [0, 0.05) is 12.2 Å². The van der Waals surface area contributed by atoms with Crippen LogP contribution in [0.4, 0.5) is 0 Å². The van der Waals surface area contributed by atoms with E-state index in [1.54, 1.807) is 6.07 Å². The monoisotopic (exact) mass is 285 g/mol. The van der Waals surface area contributed by atoms with Crippen LogP contribution >= 0.6 is 12.4 Å². The number of hydrogen-bond acceptors (Lipinski definition) is 4. The molecule has 4 nitrogen and oxygen atoms in total. The average molecular weight is 286 g/mol. The Balaban J connectivity index is 0.00000180. The number of aromatic hydroxyl groups is 1. The van der Waals surface area contributed by atoms with Crippen LogP contribution in [0.25, 0.3) is 0 Å². The molecule has 1 aliphatic heterocycles. The Morgan fingerprint density at radius 3 is 2.68 bits per heavy atom. The fourth-order valence-corrected chi connectivity index (χ4v) is 2.57. The Bertz CT molecular complexity index is 392. The molecule has 0 amide bonds. The first-order valence-corrected chi connectivity index (χ1v) is 6.71. The lowest BCUT2D eigenvalue weighted by atomic mass is 9.97. The van der Waals surface area contributed by atoms with E-state index < -0.39 is 0 Å². The van der Waals surface area contributed by atoms with Crippen LogP contribution in [0.3, 0.4) is 0 Å². The predicted molar refractivity (Wildman–Crippen MR) is 79.8 cm³/mol. The summed E-state index contributed by atoms with van der Waals surface area (Å²) in [4.78, 5) is 6.80. The van der Waals surface area contributed by atoms with E-state index in [9.17, 15) is 5.11 Å². The van der Waals surface area contributed by atoms with Crippen molar-refractivity contribution in [1.29, 1.82) is 0 Å². The first-order chi connectivity index (χ1) is 8.69. The minimum atomic E-state index is 0. The molecule has 1 aliphatic rings. The topological polar surface area (TPSA) is 48.4 Å². The van der Waals surface area contributed by atoms with Crippen molar-refractivity contribution in [2.45, 2.75) is 26.3 Å². The van der Waals surface area contributed by atoms with Crippen LogP contribution in [0.5, 0.6) is 5.75 Å². The highest BCUT2D eigenvalue weighted by molar-refractivity contribution is 5.85. The molecule has 0 aliphatic carbocycles. The molecule has 1 fully saturated rings. The molecule has 1 saturated heterocycles. The van der Waals surface area contributed by atoms with E-state index in [4.69, 9.17) is 0 Å². The summed E-state index contributed by atoms with van der Waals surface area (Å²) in [6.45, 7) is 6.03. The van der Waals surface area contributed by atoms with E-state index >= 15 is 0 Å². The van der Waals surface area contributed by atoms with Crippen molar-refractivity contribution in [3.8, 4) is 5.75 Å². The standard InChI is InChI=1S/C14H23N3O.ClH/c1-11-3-4-14(18)13(16-11)10-17-7-5-12(6-8-17)9-15-2;/h3-4,12,15,18H,5-10H2,1-2H3;1H. The van der Waals surface area contributed by atoms with Crippen LogP contribution in [-0.4, -0.2) is 41.7 Å². The maximum atomic E-state index is 9.80. The minimum Gasteiger partial charge on any atom is -0.506 e. The summed E-state index contributed by atoms with van der Waals surface area (Å²) >= 11 is 0. The average Bonchev–Trinajstić information content (AvgIpc) is 2.37. The molecule has 1 aromatic rings. The van der Waals surface area contributed by atoms with Crippen molar-refractivity contribution in [2.75, 3.05) is 26.7 Å². The van der Waals surface area contributed by atoms with Gasteiger partial charge in [-0.25, -0.2) is 0 Å². The number of aryl methyl sites for hydroxylation is 1. The lowest BCUT2D eigenvalue weighted by molar-refractivity contribution is 0.173. The largest absolute Gasteiger partial charge is 0.506 e. The summed E-state index contributed by atoms with van der Waals surface area (Å²) in [5, 5.41) is 13.1. The second-order valence-corrected chi connectivity index (χ2v) is 5.20. The van der Waals surface area contributed by atoms with Gasteiger partial charge >= 0.3 is 0 Å². The fraction of sp³-hybridized carbons (Fsp3) is 0.643. The molecule has 0 spiro atoms. The molecule has 0 saturated carbocycles. The van der Waals surface area contributed by atoms with Gasteiger partial charge in [0.25, 0.3) is 0 Å². The van der Waals surface area contributed by atoms with Gasteiger partial charge in [-0.05, 0) is 64.5 Å². The number of aromatic nitrogens is 1. The maximum absolute atomic E-state index is 9.80. The Morgan fingerprint density at radius 2 is 2.05 bits per heavy atom. The van der Waals surface area contributed by atoms with E-state index in [0.29, 0.717) is 5.75 Å². The first kappa shape index (κ1) is 16.2. The van der Waals surface area contributed by atoms with Crippen LogP contribution in [0.1, 0.15) is 24.2 Å². The number of halogens is 1. The number of piperidine rings is 1. The van der Waals surface area contributed by atoms with Crippen molar-refractivity contribution in [2.24, 2.45) is 5.92 Å². The second kappa shape index (κ2) is 7.68. The third kappa shape index (κ3) is 4.64. The molecule has 19 heavy (non-hydrogen) atoms. The molecule has 0 aromatic carbocycles. The van der Waals surface area contributed by atoms with Gasteiger partial charge in [-0.3, -0.25) is 9.88 Å². The molecule has 1 aromatic heterocycles. The normalized spacial score (nSPS) is 17.2. The SMILES string of the molecule is CNCC1CCN(Cc2nc(C)ccc2O)CC1.Cl. The van der Waals surface area contributed by atoms with E-state index in [0.717, 1.165) is 43.5 Å². The smallest absolute Gasteiger partial charge is 0.138 e. The first-order valence-electron chi connectivity index (χ1n) is 6.71. The van der Waals surface area contributed by atoms with Crippen molar-refractivity contribution in [3.05, 3.63) is 23.5 Å². The molecule has 0 atom stereocenters. The van der Waals surface area contributed by atoms with Gasteiger partial charge in [0.15, 0.2) is 0 Å². The van der Waals surface area contributed by atoms with Crippen LogP contribution < -0.4 is 5.32 Å². The number of nitrogens with zero attached hydrogens (tertiary/aromatic N) is 2. The number of rotatable bonds is 4. The van der Waals surface area contributed by atoms with Crippen molar-refractivity contribution in [1.82, 2.24) is 15.2 Å². The van der Waals surface area contributed by atoms with E-state index in [2.05, 4.69) is 15.2 Å². The van der Waals surface area contributed by atoms with Crippen molar-refractivity contribution >= 4 is 12.4 Å². The van der Waals surface area contributed by atoms with Gasteiger partial charge in [0.1, 0.15) is 5.75 Å². The molecule has 5 heteroatoms. The van der Waals surface area contributed by atoms with Crippen molar-refractivity contribution < 1.29 is 5.11 Å². The van der Waals surface area contributed by atoms with Gasteiger partial charge in [-0.2, -0.15) is 0 Å². The lowest BCUT2D eigenvalue weighted by Gasteiger charge is -2.31. The highest BCUT2D eigenvalue weighted by Gasteiger charge is 2.19. The lowest BCUT2D eigenvalue weighted by Crippen LogP contribution is -2.36. The quantitative estimate of drug-likeness (QED) is 0.888. The number of hydrogen-bond donors (Lipinski definition) is 2. The molecular formula is C14H24ClN3O. The van der Waals surface area contributed by atoms with Crippen LogP contribution in [0.2, 0.25) is 0 Å². The number of pyridine rings is 1. The zero-order valence-corrected chi connectivity index (χ0v) is 12.5. The second-order valence-electron chi connectivity index (χ2n) is 5.20. The zero-order valence-electron chi connectivity index (χ0n) is 11.7. The summed E-state index contributed by atoms with van der Waals surface area (Å²) in [5.74, 6) is 1.11.